The first-order valence-electron chi connectivity index (χ1n) is 10.7. The van der Waals surface area contributed by atoms with E-state index in [1.807, 2.05) is 29.2 Å². The predicted octanol–water partition coefficient (Wildman–Crippen LogP) is 4.39. The van der Waals surface area contributed by atoms with Crippen LogP contribution in [0.1, 0.15) is 31.2 Å². The molecule has 3 heterocycles. The third-order valence-corrected chi connectivity index (χ3v) is 8.02. The summed E-state index contributed by atoms with van der Waals surface area (Å²) in [7, 11) is 0. The fourth-order valence-corrected chi connectivity index (χ4v) is 6.52. The molecule has 6 nitrogen and oxygen atoms in total. The number of amides is 2. The van der Waals surface area contributed by atoms with Crippen LogP contribution in [0.5, 0.6) is 10.9 Å². The maximum absolute atomic E-state index is 13.9. The summed E-state index contributed by atoms with van der Waals surface area (Å²) in [4.78, 5) is 18.2. The van der Waals surface area contributed by atoms with Crippen molar-refractivity contribution >= 4 is 27.6 Å². The van der Waals surface area contributed by atoms with E-state index in [4.69, 9.17) is 10.5 Å². The molecule has 31 heavy (non-hydrogen) atoms. The molecule has 3 fully saturated rings. The van der Waals surface area contributed by atoms with Crippen LogP contribution in [0.25, 0.3) is 10.2 Å². The van der Waals surface area contributed by atoms with Gasteiger partial charge in [-0.3, -0.25) is 0 Å². The van der Waals surface area contributed by atoms with Gasteiger partial charge < -0.3 is 20.7 Å². The third kappa shape index (κ3) is 3.16. The molecule has 3 aromatic rings. The highest BCUT2D eigenvalue weighted by atomic mass is 32.1. The minimum Gasteiger partial charge on any atom is -0.431 e. The van der Waals surface area contributed by atoms with E-state index in [0.717, 1.165) is 37.8 Å². The summed E-state index contributed by atoms with van der Waals surface area (Å²) in [5.74, 6) is 1.04. The second-order valence-corrected chi connectivity index (χ2v) is 9.90. The predicted molar refractivity (Wildman–Crippen MR) is 117 cm³/mol. The fraction of sp³-hybridized carbons (Fsp3) is 0.391. The zero-order valence-electron chi connectivity index (χ0n) is 16.9. The molecule has 2 aliphatic heterocycles. The number of thiazole rings is 1. The Hall–Kier alpha value is -2.71. The normalized spacial score (nSPS) is 28.5. The number of ether oxygens (including phenoxy) is 1. The summed E-state index contributed by atoms with van der Waals surface area (Å²) in [6.07, 6.45) is 4.16. The molecule has 2 amide bonds. The molecule has 2 saturated heterocycles. The second kappa shape index (κ2) is 6.90. The van der Waals surface area contributed by atoms with Gasteiger partial charge in [0.15, 0.2) is 0 Å². The number of nitrogens with zero attached hydrogens (tertiary/aromatic N) is 2. The molecule has 1 aliphatic carbocycles. The van der Waals surface area contributed by atoms with E-state index in [2.05, 4.69) is 10.3 Å². The Morgan fingerprint density at radius 2 is 2.10 bits per heavy atom. The molecule has 2 bridgehead atoms. The average Bonchev–Trinajstić information content (AvgIpc) is 3.12. The van der Waals surface area contributed by atoms with Gasteiger partial charge in [-0.1, -0.05) is 29.5 Å². The molecule has 3 unspecified atom stereocenters. The largest absolute Gasteiger partial charge is 0.431 e. The SMILES string of the molecule is NC(=O)N1C2CC3CC31C[C@@H](NCc1ccc(Oc3nc4cccc(F)c4s3)cc1)C2. The van der Waals surface area contributed by atoms with E-state index in [1.54, 1.807) is 12.1 Å². The molecule has 1 spiro atoms. The van der Waals surface area contributed by atoms with E-state index in [-0.39, 0.29) is 23.4 Å². The molecule has 3 aliphatic rings. The highest BCUT2D eigenvalue weighted by Gasteiger charge is 2.69. The van der Waals surface area contributed by atoms with Gasteiger partial charge in [0.2, 0.25) is 0 Å². The minimum atomic E-state index is -0.279. The van der Waals surface area contributed by atoms with Crippen LogP contribution in [0.2, 0.25) is 0 Å². The average molecular weight is 439 g/mol. The van der Waals surface area contributed by atoms with Gasteiger partial charge in [0, 0.05) is 24.2 Å². The van der Waals surface area contributed by atoms with Crippen molar-refractivity contribution in [2.45, 2.75) is 49.9 Å². The van der Waals surface area contributed by atoms with Crippen LogP contribution < -0.4 is 15.8 Å². The van der Waals surface area contributed by atoms with E-state index < -0.39 is 0 Å². The van der Waals surface area contributed by atoms with Crippen LogP contribution in [0.3, 0.4) is 0 Å². The number of rotatable bonds is 5. The number of primary amides is 1. The smallest absolute Gasteiger partial charge is 0.315 e. The van der Waals surface area contributed by atoms with Gasteiger partial charge in [0.25, 0.3) is 5.19 Å². The monoisotopic (exact) mass is 438 g/mol. The van der Waals surface area contributed by atoms with Gasteiger partial charge in [-0.25, -0.2) is 14.2 Å². The lowest BCUT2D eigenvalue weighted by atomic mass is 9.93. The Balaban J connectivity index is 1.08. The lowest BCUT2D eigenvalue weighted by Gasteiger charge is -2.41. The van der Waals surface area contributed by atoms with Crippen molar-refractivity contribution in [3.63, 3.8) is 0 Å². The topological polar surface area (TPSA) is 80.5 Å². The second-order valence-electron chi connectivity index (χ2n) is 8.93. The number of fused-ring (bicyclic) bond motifs is 2. The Kier molecular flexibility index (Phi) is 4.23. The highest BCUT2D eigenvalue weighted by molar-refractivity contribution is 7.20. The Labute approximate surface area is 183 Å². The van der Waals surface area contributed by atoms with Crippen LogP contribution >= 0.6 is 11.3 Å². The van der Waals surface area contributed by atoms with Crippen LogP contribution in [-0.2, 0) is 6.54 Å². The van der Waals surface area contributed by atoms with E-state index >= 15 is 0 Å². The van der Waals surface area contributed by atoms with Crippen molar-refractivity contribution in [1.29, 1.82) is 0 Å². The number of piperidine rings is 2. The Morgan fingerprint density at radius 1 is 1.26 bits per heavy atom. The molecule has 160 valence electrons. The van der Waals surface area contributed by atoms with Crippen molar-refractivity contribution < 1.29 is 13.9 Å². The number of nitrogens with one attached hydrogen (secondary N) is 1. The zero-order chi connectivity index (χ0) is 21.2. The maximum atomic E-state index is 13.9. The number of nitrogens with two attached hydrogens (primary N) is 1. The molecule has 6 rings (SSSR count). The van der Waals surface area contributed by atoms with Crippen molar-refractivity contribution in [1.82, 2.24) is 15.2 Å². The molecule has 3 N–H and O–H groups in total. The molecule has 4 atom stereocenters. The first kappa shape index (κ1) is 19.0. The number of aromatic nitrogens is 1. The van der Waals surface area contributed by atoms with Gasteiger partial charge in [-0.05, 0) is 61.4 Å². The number of urea groups is 1. The van der Waals surface area contributed by atoms with Crippen molar-refractivity contribution in [2.24, 2.45) is 11.7 Å². The third-order valence-electron chi connectivity index (χ3n) is 7.07. The zero-order valence-corrected chi connectivity index (χ0v) is 17.7. The lowest BCUT2D eigenvalue weighted by molar-refractivity contribution is 0.109. The summed E-state index contributed by atoms with van der Waals surface area (Å²) >= 11 is 1.21. The first-order chi connectivity index (χ1) is 15.0. The summed E-state index contributed by atoms with van der Waals surface area (Å²) in [5, 5.41) is 4.10. The summed E-state index contributed by atoms with van der Waals surface area (Å²) in [6, 6.07) is 13.2. The Bertz CT molecular complexity index is 1170. The minimum absolute atomic E-state index is 0.0286. The quantitative estimate of drug-likeness (QED) is 0.619. The maximum Gasteiger partial charge on any atom is 0.315 e. The van der Waals surface area contributed by atoms with Crippen molar-refractivity contribution in [3.05, 3.63) is 53.8 Å². The van der Waals surface area contributed by atoms with Crippen LogP contribution in [0.15, 0.2) is 42.5 Å². The van der Waals surface area contributed by atoms with E-state index in [9.17, 15) is 9.18 Å². The van der Waals surface area contributed by atoms with Gasteiger partial charge >= 0.3 is 6.03 Å². The number of hydrogen-bond acceptors (Lipinski definition) is 5. The number of carbonyl (C=O) groups is 1. The van der Waals surface area contributed by atoms with E-state index in [0.29, 0.717) is 33.1 Å². The van der Waals surface area contributed by atoms with Crippen molar-refractivity contribution in [2.75, 3.05) is 0 Å². The number of carbonyl (C=O) groups excluding carboxylic acids is 1. The molecule has 1 saturated carbocycles. The molecule has 0 radical (unpaired) electrons. The van der Waals surface area contributed by atoms with Gasteiger partial charge in [-0.2, -0.15) is 0 Å². The van der Waals surface area contributed by atoms with Gasteiger partial charge in [0.05, 0.1) is 10.2 Å². The summed E-state index contributed by atoms with van der Waals surface area (Å²) in [5.41, 5.74) is 7.44. The molecular formula is C23H23FN4O2S. The lowest BCUT2D eigenvalue weighted by Crippen LogP contribution is -2.56. The number of hydrogen-bond donors (Lipinski definition) is 2. The van der Waals surface area contributed by atoms with Crippen molar-refractivity contribution in [3.8, 4) is 10.9 Å². The fourth-order valence-electron chi connectivity index (χ4n) is 5.68. The summed E-state index contributed by atoms with van der Waals surface area (Å²) in [6.45, 7) is 0.765. The van der Waals surface area contributed by atoms with E-state index in [1.165, 1.54) is 17.4 Å². The number of halogens is 1. The van der Waals surface area contributed by atoms with Gasteiger partial charge in [0.1, 0.15) is 11.6 Å². The summed E-state index contributed by atoms with van der Waals surface area (Å²) < 4.78 is 20.2. The molecule has 1 aromatic heterocycles. The van der Waals surface area contributed by atoms with Crippen LogP contribution in [0, 0.1) is 11.7 Å². The molecule has 8 heteroatoms. The Morgan fingerprint density at radius 3 is 2.84 bits per heavy atom. The first-order valence-corrected chi connectivity index (χ1v) is 11.5. The molecular weight excluding hydrogens is 415 g/mol. The van der Waals surface area contributed by atoms with Gasteiger partial charge in [-0.15, -0.1) is 0 Å². The molecule has 2 aromatic carbocycles. The highest BCUT2D eigenvalue weighted by Crippen LogP contribution is 2.63. The standard InChI is InChI=1S/C23H23FN4O2S/c24-18-2-1-3-19-20(18)31-22(27-19)30-17-6-4-13(5-7-17)12-26-15-9-16-8-14-10-23(14,11-15)28(16)21(25)29/h1-7,14-16,26H,8-12H2,(H2,25,29)/t14?,15-,16?,23?/m0/s1. The van der Waals surface area contributed by atoms with Crippen LogP contribution in [-0.4, -0.2) is 33.5 Å². The van der Waals surface area contributed by atoms with Crippen LogP contribution in [0.4, 0.5) is 9.18 Å². The number of benzene rings is 2.